The van der Waals surface area contributed by atoms with E-state index in [0.717, 1.165) is 15.8 Å². The summed E-state index contributed by atoms with van der Waals surface area (Å²) in [4.78, 5) is 12.8. The van der Waals surface area contributed by atoms with Gasteiger partial charge in [-0.2, -0.15) is 5.10 Å². The molecule has 3 N–H and O–H groups in total. The molecule has 3 unspecified atom stereocenters. The zero-order valence-corrected chi connectivity index (χ0v) is 19.6. The number of aliphatic carboxylic acids is 1. The van der Waals surface area contributed by atoms with Gasteiger partial charge in [0.15, 0.2) is 0 Å². The number of rotatable bonds is 5. The minimum atomic E-state index is -2.41. The van der Waals surface area contributed by atoms with Gasteiger partial charge in [-0.1, -0.05) is 61.0 Å². The standard InChI is InChI=1S/C27H23ClFN3O3/c1-2-21-23(17-10-14-20(29)15-11-17)31-32-25(21)30-24(18-8-12-19(28)13-9-18)22(27(32,35)26(33)34)16-6-4-3-5-7-16/h3-15,22,24,30,35H,2H2,1H3,(H,33,34). The number of fused-ring (bicyclic) bond motifs is 1. The van der Waals surface area contributed by atoms with E-state index in [4.69, 9.17) is 11.6 Å². The van der Waals surface area contributed by atoms with E-state index in [-0.39, 0.29) is 5.82 Å². The van der Waals surface area contributed by atoms with Crippen molar-refractivity contribution in [3.8, 4) is 11.3 Å². The first-order valence-electron chi connectivity index (χ1n) is 11.3. The van der Waals surface area contributed by atoms with Crippen LogP contribution in [0.25, 0.3) is 11.3 Å². The Morgan fingerprint density at radius 1 is 1.06 bits per heavy atom. The van der Waals surface area contributed by atoms with Crippen LogP contribution >= 0.6 is 11.6 Å². The van der Waals surface area contributed by atoms with Gasteiger partial charge in [0.1, 0.15) is 11.6 Å². The summed E-state index contributed by atoms with van der Waals surface area (Å²) in [5.41, 5.74) is 0.821. The Kier molecular flexibility index (Phi) is 5.83. The molecule has 8 heteroatoms. The van der Waals surface area contributed by atoms with Crippen LogP contribution in [0.4, 0.5) is 10.2 Å². The second kappa shape index (κ2) is 8.83. The van der Waals surface area contributed by atoms with Crippen LogP contribution in [-0.2, 0) is 16.9 Å². The van der Waals surface area contributed by atoms with Gasteiger partial charge in [-0.3, -0.25) is 0 Å². The maximum absolute atomic E-state index is 13.6. The van der Waals surface area contributed by atoms with Crippen LogP contribution in [0.5, 0.6) is 0 Å². The molecule has 2 heterocycles. The minimum Gasteiger partial charge on any atom is -0.478 e. The highest BCUT2D eigenvalue weighted by Crippen LogP contribution is 2.50. The monoisotopic (exact) mass is 491 g/mol. The van der Waals surface area contributed by atoms with Crippen molar-refractivity contribution in [2.24, 2.45) is 0 Å². The number of hydrogen-bond acceptors (Lipinski definition) is 4. The zero-order chi connectivity index (χ0) is 24.7. The van der Waals surface area contributed by atoms with Gasteiger partial charge in [-0.15, -0.1) is 0 Å². The van der Waals surface area contributed by atoms with Crippen molar-refractivity contribution >= 4 is 23.4 Å². The van der Waals surface area contributed by atoms with Crippen LogP contribution in [0.1, 0.15) is 35.6 Å². The van der Waals surface area contributed by atoms with Crippen LogP contribution in [0, 0.1) is 5.82 Å². The van der Waals surface area contributed by atoms with Gasteiger partial charge in [-0.05, 0) is 53.9 Å². The normalized spacial score (nSPS) is 21.3. The Labute approximate surface area is 206 Å². The quantitative estimate of drug-likeness (QED) is 0.339. The number of carboxylic acids is 1. The summed E-state index contributed by atoms with van der Waals surface area (Å²) in [6, 6.07) is 21.3. The van der Waals surface area contributed by atoms with Gasteiger partial charge in [-0.25, -0.2) is 13.9 Å². The maximum atomic E-state index is 13.6. The summed E-state index contributed by atoms with van der Waals surface area (Å²) in [5.74, 6) is -2.34. The van der Waals surface area contributed by atoms with Crippen molar-refractivity contribution in [1.29, 1.82) is 0 Å². The molecule has 1 aromatic heterocycles. The van der Waals surface area contributed by atoms with E-state index >= 15 is 0 Å². The second-order valence-electron chi connectivity index (χ2n) is 8.54. The van der Waals surface area contributed by atoms with E-state index in [1.807, 2.05) is 25.1 Å². The number of aromatic nitrogens is 2. The predicted octanol–water partition coefficient (Wildman–Crippen LogP) is 5.59. The highest BCUT2D eigenvalue weighted by atomic mass is 35.5. The lowest BCUT2D eigenvalue weighted by atomic mass is 9.77. The summed E-state index contributed by atoms with van der Waals surface area (Å²) in [6.07, 6.45) is 0.508. The van der Waals surface area contributed by atoms with Gasteiger partial charge >= 0.3 is 5.97 Å². The van der Waals surface area contributed by atoms with Crippen LogP contribution in [0.3, 0.4) is 0 Å². The number of benzene rings is 3. The van der Waals surface area contributed by atoms with Gasteiger partial charge < -0.3 is 15.5 Å². The molecule has 1 aliphatic heterocycles. The molecular formula is C27H23ClFN3O3. The highest BCUT2D eigenvalue weighted by molar-refractivity contribution is 6.30. The van der Waals surface area contributed by atoms with E-state index in [9.17, 15) is 19.4 Å². The average molecular weight is 492 g/mol. The van der Waals surface area contributed by atoms with Gasteiger partial charge in [0, 0.05) is 16.1 Å². The fraction of sp³-hybridized carbons (Fsp3) is 0.185. The molecule has 0 saturated heterocycles. The van der Waals surface area contributed by atoms with Crippen molar-refractivity contribution in [1.82, 2.24) is 9.78 Å². The lowest BCUT2D eigenvalue weighted by molar-refractivity contribution is -0.179. The van der Waals surface area contributed by atoms with Crippen molar-refractivity contribution < 1.29 is 19.4 Å². The number of hydrogen-bond donors (Lipinski definition) is 3. The molecule has 178 valence electrons. The summed E-state index contributed by atoms with van der Waals surface area (Å²) in [6.45, 7) is 1.92. The molecule has 0 amide bonds. The number of aliphatic hydroxyl groups is 1. The molecule has 0 fully saturated rings. The minimum absolute atomic E-state index is 0.386. The van der Waals surface area contributed by atoms with Gasteiger partial charge in [0.05, 0.1) is 17.7 Å². The molecule has 3 atom stereocenters. The second-order valence-corrected chi connectivity index (χ2v) is 8.98. The van der Waals surface area contributed by atoms with E-state index < -0.39 is 23.7 Å². The molecule has 1 aliphatic rings. The molecule has 3 aromatic carbocycles. The van der Waals surface area contributed by atoms with E-state index in [2.05, 4.69) is 10.4 Å². The van der Waals surface area contributed by atoms with Gasteiger partial charge in [0.2, 0.25) is 0 Å². The Morgan fingerprint density at radius 3 is 2.31 bits per heavy atom. The van der Waals surface area contributed by atoms with E-state index in [0.29, 0.717) is 34.1 Å². The molecule has 0 spiro atoms. The molecular weight excluding hydrogens is 469 g/mol. The van der Waals surface area contributed by atoms with Crippen molar-refractivity contribution in [3.63, 3.8) is 0 Å². The first-order chi connectivity index (χ1) is 16.8. The molecule has 0 radical (unpaired) electrons. The molecule has 5 rings (SSSR count). The largest absolute Gasteiger partial charge is 0.478 e. The highest BCUT2D eigenvalue weighted by Gasteiger charge is 2.56. The van der Waals surface area contributed by atoms with Crippen LogP contribution in [0.15, 0.2) is 78.9 Å². The Hall–Kier alpha value is -3.68. The SMILES string of the molecule is CCc1c(-c2ccc(F)cc2)nn2c1NC(c1ccc(Cl)cc1)C(c1ccccc1)C2(O)C(=O)O. The number of anilines is 1. The van der Waals surface area contributed by atoms with Crippen LogP contribution in [-0.4, -0.2) is 26.0 Å². The predicted molar refractivity (Wildman–Crippen MR) is 132 cm³/mol. The summed E-state index contributed by atoms with van der Waals surface area (Å²) >= 11 is 6.12. The van der Waals surface area contributed by atoms with Crippen molar-refractivity contribution in [3.05, 3.63) is 106 Å². The molecule has 6 nitrogen and oxygen atoms in total. The van der Waals surface area contributed by atoms with Gasteiger partial charge in [0.25, 0.3) is 5.72 Å². The summed E-state index contributed by atoms with van der Waals surface area (Å²) in [7, 11) is 0. The topological polar surface area (TPSA) is 87.4 Å². The Bertz CT molecular complexity index is 1370. The number of nitrogens with zero attached hydrogens (tertiary/aromatic N) is 2. The lowest BCUT2D eigenvalue weighted by Gasteiger charge is -2.44. The Morgan fingerprint density at radius 2 is 1.71 bits per heavy atom. The molecule has 0 aliphatic carbocycles. The van der Waals surface area contributed by atoms with E-state index in [1.54, 1.807) is 48.5 Å². The lowest BCUT2D eigenvalue weighted by Crippen LogP contribution is -2.54. The third-order valence-corrected chi connectivity index (χ3v) is 6.79. The van der Waals surface area contributed by atoms with Crippen molar-refractivity contribution in [2.75, 3.05) is 5.32 Å². The number of carboxylic acid groups (broad SMARTS) is 1. The van der Waals surface area contributed by atoms with Crippen LogP contribution in [0.2, 0.25) is 5.02 Å². The molecule has 0 saturated carbocycles. The fourth-order valence-electron chi connectivity index (χ4n) is 4.87. The summed E-state index contributed by atoms with van der Waals surface area (Å²) < 4.78 is 14.7. The first-order valence-corrected chi connectivity index (χ1v) is 11.6. The van der Waals surface area contributed by atoms with Crippen molar-refractivity contribution in [2.45, 2.75) is 31.0 Å². The number of halogens is 2. The zero-order valence-electron chi connectivity index (χ0n) is 18.8. The maximum Gasteiger partial charge on any atom is 0.360 e. The average Bonchev–Trinajstić information content (AvgIpc) is 3.24. The third-order valence-electron chi connectivity index (χ3n) is 6.54. The number of nitrogens with one attached hydrogen (secondary N) is 1. The smallest absolute Gasteiger partial charge is 0.360 e. The fourth-order valence-corrected chi connectivity index (χ4v) is 5.00. The molecule has 4 aromatic rings. The summed E-state index contributed by atoms with van der Waals surface area (Å²) in [5, 5.41) is 31.1. The Balaban J connectivity index is 1.79. The molecule has 35 heavy (non-hydrogen) atoms. The van der Waals surface area contributed by atoms with E-state index in [1.165, 1.54) is 12.1 Å². The first kappa shape index (κ1) is 23.1. The third kappa shape index (κ3) is 3.77. The number of carbonyl (C=O) groups is 1. The molecule has 0 bridgehead atoms. The van der Waals surface area contributed by atoms with Crippen LogP contribution < -0.4 is 5.32 Å².